The highest BCUT2D eigenvalue weighted by Crippen LogP contribution is 2.41. The van der Waals surface area contributed by atoms with E-state index in [2.05, 4.69) is 50.0 Å². The molecule has 3 N–H and O–H groups in total. The number of ether oxygens (including phenoxy) is 2. The lowest BCUT2D eigenvalue weighted by Gasteiger charge is -2.26. The van der Waals surface area contributed by atoms with E-state index in [1.54, 1.807) is 27.7 Å². The zero-order valence-corrected chi connectivity index (χ0v) is 39.1. The van der Waals surface area contributed by atoms with Crippen molar-refractivity contribution >= 4 is 80.9 Å². The van der Waals surface area contributed by atoms with Gasteiger partial charge >= 0.3 is 24.3 Å². The topological polar surface area (TPSA) is 209 Å². The van der Waals surface area contributed by atoms with Crippen LogP contribution in [0, 0.1) is 11.6 Å². The summed E-state index contributed by atoms with van der Waals surface area (Å²) in [6.45, 7) is 5.72. The number of carboxylic acid groups (broad SMARTS) is 1. The van der Waals surface area contributed by atoms with Crippen molar-refractivity contribution in [2.24, 2.45) is 7.05 Å². The Bertz CT molecular complexity index is 2190. The summed E-state index contributed by atoms with van der Waals surface area (Å²) in [6, 6.07) is 6.88. The number of hydrogen-bond donors (Lipinski definition) is 3. The second-order valence-electron chi connectivity index (χ2n) is 13.2. The molecule has 1 amide bonds. The van der Waals surface area contributed by atoms with E-state index in [4.69, 9.17) is 31.1 Å². The lowest BCUT2D eigenvalue weighted by atomic mass is 10.1. The number of nitrogens with one attached hydrogen (secondary N) is 1. The number of hydrogen-bond acceptors (Lipinski definition) is 12. The molecule has 4 rings (SSSR count). The van der Waals surface area contributed by atoms with Crippen LogP contribution in [-0.4, -0.2) is 98.2 Å². The van der Waals surface area contributed by atoms with Crippen LogP contribution in [0.25, 0.3) is 11.3 Å². The molecule has 1 atom stereocenters. The minimum atomic E-state index is -4.69. The van der Waals surface area contributed by atoms with Crippen LogP contribution < -0.4 is 19.8 Å². The zero-order chi connectivity index (χ0) is 48.8. The van der Waals surface area contributed by atoms with Crippen LogP contribution in [0.4, 0.5) is 40.8 Å². The second kappa shape index (κ2) is 25.0. The number of esters is 1. The first-order valence-electron chi connectivity index (χ1n) is 17.3. The first-order chi connectivity index (χ1) is 28.8. The van der Waals surface area contributed by atoms with Crippen LogP contribution in [0.15, 0.2) is 40.9 Å². The maximum Gasteiger partial charge on any atom is 0.445 e. The van der Waals surface area contributed by atoms with Crippen molar-refractivity contribution in [2.75, 3.05) is 43.1 Å². The van der Waals surface area contributed by atoms with Crippen LogP contribution >= 0.6 is 46.5 Å². The molecule has 28 heteroatoms. The van der Waals surface area contributed by atoms with E-state index >= 15 is 0 Å². The van der Waals surface area contributed by atoms with E-state index in [1.165, 1.54) is 29.2 Å². The van der Waals surface area contributed by atoms with Crippen molar-refractivity contribution in [2.45, 2.75) is 52.2 Å². The Labute approximate surface area is 375 Å². The molecule has 0 spiro atoms. The van der Waals surface area contributed by atoms with E-state index in [1.807, 2.05) is 5.32 Å². The molecule has 0 aliphatic carbocycles. The number of halogens is 10. The van der Waals surface area contributed by atoms with Gasteiger partial charge in [-0.2, -0.15) is 31.4 Å². The Hall–Kier alpha value is -3.91. The third kappa shape index (κ3) is 20.2. The van der Waals surface area contributed by atoms with Gasteiger partial charge in [-0.15, -0.1) is 5.10 Å². The normalized spacial score (nSPS) is 12.3. The Balaban J connectivity index is 0.000000487. The minimum Gasteiger partial charge on any atom is -0.778 e. The number of alkyl halides is 6. The number of anilines is 1. The van der Waals surface area contributed by atoms with Crippen LogP contribution in [0.3, 0.4) is 0 Å². The molecule has 2 aromatic carbocycles. The van der Waals surface area contributed by atoms with Gasteiger partial charge in [0.1, 0.15) is 24.9 Å². The third-order valence-corrected chi connectivity index (χ3v) is 9.15. The maximum absolute atomic E-state index is 14.3. The molecule has 63 heavy (non-hydrogen) atoms. The summed E-state index contributed by atoms with van der Waals surface area (Å²) in [5, 5.41) is 18.2. The SMILES string of the molecule is CC(C)N(C(=O)COc1nnc(C(F)(F)F)s1)c1ccc(F)cc1.CC(C)OC(=O)c1cc(-c2nn(C)c(C(F)(F)F)c2Br)c(F)cc1Cl.C[S+](C)C.O=C(O)CNCP(=O)([O-])O. The molecular formula is C35H41BrClF8N6O9PS2. The second-order valence-corrected chi connectivity index (χ2v) is 19.4. The summed E-state index contributed by atoms with van der Waals surface area (Å²) in [7, 11) is -2.63. The number of carbonyl (C=O) groups is 3. The van der Waals surface area contributed by atoms with Crippen molar-refractivity contribution in [3.8, 4) is 16.5 Å². The van der Waals surface area contributed by atoms with Gasteiger partial charge in [0.15, 0.2) is 12.3 Å². The van der Waals surface area contributed by atoms with Gasteiger partial charge in [-0.05, 0) is 90.9 Å². The highest BCUT2D eigenvalue weighted by molar-refractivity contribution is 9.10. The number of rotatable bonds is 12. The predicted molar refractivity (Wildman–Crippen MR) is 222 cm³/mol. The average Bonchev–Trinajstić information content (AvgIpc) is 3.71. The summed E-state index contributed by atoms with van der Waals surface area (Å²) < 4.78 is 124. The molecule has 4 aromatic rings. The molecule has 352 valence electrons. The number of aromatic nitrogens is 4. The minimum absolute atomic E-state index is 0.169. The van der Waals surface area contributed by atoms with Crippen molar-refractivity contribution < 1.29 is 78.4 Å². The average molecular weight is 1050 g/mol. The largest absolute Gasteiger partial charge is 0.778 e. The van der Waals surface area contributed by atoms with Crippen LogP contribution in [0.2, 0.25) is 5.02 Å². The highest BCUT2D eigenvalue weighted by atomic mass is 79.9. The Morgan fingerprint density at radius 1 is 1.03 bits per heavy atom. The molecule has 0 bridgehead atoms. The van der Waals surface area contributed by atoms with Gasteiger partial charge in [-0.3, -0.25) is 19.6 Å². The van der Waals surface area contributed by atoms with Crippen molar-refractivity contribution in [3.63, 3.8) is 0 Å². The van der Waals surface area contributed by atoms with Gasteiger partial charge in [0.05, 0.1) is 52.8 Å². The molecule has 2 aromatic heterocycles. The number of amides is 1. The van der Waals surface area contributed by atoms with Crippen LogP contribution in [0.1, 0.15) is 48.8 Å². The summed E-state index contributed by atoms with van der Waals surface area (Å²) >= 11 is 8.88. The highest BCUT2D eigenvalue weighted by Gasteiger charge is 2.39. The Kier molecular flexibility index (Phi) is 22.6. The summed E-state index contributed by atoms with van der Waals surface area (Å²) in [5.41, 5.74) is -1.41. The summed E-state index contributed by atoms with van der Waals surface area (Å²) in [5.74, 6) is -3.85. The zero-order valence-electron chi connectivity index (χ0n) is 34.3. The quantitative estimate of drug-likeness (QED) is 0.0548. The van der Waals surface area contributed by atoms with E-state index in [0.29, 0.717) is 21.3 Å². The first kappa shape index (κ1) is 57.1. The molecule has 0 fully saturated rings. The van der Waals surface area contributed by atoms with Crippen molar-refractivity contribution in [1.82, 2.24) is 25.3 Å². The number of carbonyl (C=O) groups excluding carboxylic acids is 2. The molecule has 0 aliphatic rings. The van der Waals surface area contributed by atoms with E-state index in [9.17, 15) is 59.0 Å². The van der Waals surface area contributed by atoms with Gasteiger partial charge in [-0.1, -0.05) is 28.0 Å². The van der Waals surface area contributed by atoms with Crippen molar-refractivity contribution in [1.29, 1.82) is 0 Å². The van der Waals surface area contributed by atoms with Gasteiger partial charge in [-0.25, -0.2) is 13.6 Å². The molecule has 1 unspecified atom stereocenters. The van der Waals surface area contributed by atoms with Gasteiger partial charge in [0.25, 0.3) is 11.1 Å². The number of aryl methyl sites for hydroxylation is 1. The molecule has 0 saturated carbocycles. The molecule has 2 heterocycles. The first-order valence-corrected chi connectivity index (χ1v) is 23.5. The fourth-order valence-electron chi connectivity index (χ4n) is 4.35. The molecule has 0 aliphatic heterocycles. The fourth-order valence-corrected chi connectivity index (χ4v) is 6.31. The van der Waals surface area contributed by atoms with E-state index < -0.39 is 90.1 Å². The van der Waals surface area contributed by atoms with Gasteiger partial charge < -0.3 is 33.8 Å². The number of nitrogens with zero attached hydrogens (tertiary/aromatic N) is 5. The number of aliphatic carboxylic acids is 1. The predicted octanol–water partition coefficient (Wildman–Crippen LogP) is 7.40. The smallest absolute Gasteiger partial charge is 0.445 e. The number of carboxylic acids is 1. The third-order valence-electron chi connectivity index (χ3n) is 6.58. The Morgan fingerprint density at radius 2 is 1.59 bits per heavy atom. The van der Waals surface area contributed by atoms with Crippen LogP contribution in [-0.2, 0) is 49.2 Å². The lowest BCUT2D eigenvalue weighted by Crippen LogP contribution is -2.40. The maximum atomic E-state index is 14.3. The molecular weight excluding hydrogens is 1010 g/mol. The van der Waals surface area contributed by atoms with E-state index in [-0.39, 0.29) is 44.4 Å². The monoisotopic (exact) mass is 1050 g/mol. The van der Waals surface area contributed by atoms with Gasteiger partial charge in [0, 0.05) is 24.3 Å². The Morgan fingerprint density at radius 3 is 2.02 bits per heavy atom. The summed E-state index contributed by atoms with van der Waals surface area (Å²) in [4.78, 5) is 53.4. The fraction of sp³-hybridized carbons (Fsp3) is 0.429. The van der Waals surface area contributed by atoms with E-state index in [0.717, 1.165) is 19.2 Å². The summed E-state index contributed by atoms with van der Waals surface area (Å²) in [6.07, 6.45) is -3.88. The van der Waals surface area contributed by atoms with Gasteiger partial charge in [0.2, 0.25) is 5.01 Å². The number of benzene rings is 2. The van der Waals surface area contributed by atoms with Crippen molar-refractivity contribution in [3.05, 3.63) is 73.8 Å². The standard InChI is InChI=1S/C15H12BrClF4N2O2.C14H13F4N3O2S.C3H8NO5P.C3H9S/c1-6(2)25-14(24)7-4-8(10(18)5-9(7)17)12-11(16)13(15(19,20)21)23(3)22-12;1-8(2)21(10-5-3-9(15)4-6-10)11(22)7-23-13-20-19-12(24-13)14(16,17)18;5-3(6)1-4-2-10(7,8)9;1-4(2)3/h4-6H,1-3H3;3-6,8H,7H2,1-2H3;4H,1-2H2,(H,5,6)(H2,7,8,9);1-3H3/q;;;+1/p-1. The lowest BCUT2D eigenvalue weighted by molar-refractivity contribution is -0.193. The van der Waals surface area contributed by atoms with Crippen LogP contribution in [0.5, 0.6) is 5.19 Å². The molecule has 15 nitrogen and oxygen atoms in total. The molecule has 0 radical (unpaired) electrons. The molecule has 0 saturated heterocycles.